The lowest BCUT2D eigenvalue weighted by Crippen LogP contribution is -2.11. The van der Waals surface area contributed by atoms with Crippen molar-refractivity contribution >= 4 is 6.16 Å². The molecule has 0 saturated heterocycles. The van der Waals surface area contributed by atoms with Crippen molar-refractivity contribution in [3.8, 4) is 11.5 Å². The van der Waals surface area contributed by atoms with Crippen molar-refractivity contribution < 1.29 is 19.0 Å². The van der Waals surface area contributed by atoms with Gasteiger partial charge in [0.15, 0.2) is 0 Å². The summed E-state index contributed by atoms with van der Waals surface area (Å²) >= 11 is 0. The molecule has 0 atom stereocenters. The van der Waals surface area contributed by atoms with Gasteiger partial charge in [0, 0.05) is 5.56 Å². The van der Waals surface area contributed by atoms with E-state index in [9.17, 15) is 4.79 Å². The number of methoxy groups -OCH3 is 1. The molecule has 2 aromatic rings. The van der Waals surface area contributed by atoms with Crippen molar-refractivity contribution in [3.63, 3.8) is 0 Å². The molecule has 4 nitrogen and oxygen atoms in total. The van der Waals surface area contributed by atoms with Crippen molar-refractivity contribution in [2.45, 2.75) is 40.7 Å². The van der Waals surface area contributed by atoms with Crippen molar-refractivity contribution in [2.24, 2.45) is 0 Å². The first-order valence-corrected chi connectivity index (χ1v) is 8.03. The fourth-order valence-corrected chi connectivity index (χ4v) is 2.57. The smallest absolute Gasteiger partial charge is 0.488 e. The predicted octanol–water partition coefficient (Wildman–Crippen LogP) is 4.90. The third-order valence-electron chi connectivity index (χ3n) is 4.13. The van der Waals surface area contributed by atoms with Crippen LogP contribution >= 0.6 is 0 Å². The molecule has 2 aromatic carbocycles. The molecule has 2 rings (SSSR count). The van der Waals surface area contributed by atoms with Crippen LogP contribution in [-0.2, 0) is 17.8 Å². The topological polar surface area (TPSA) is 44.8 Å². The highest BCUT2D eigenvalue weighted by Gasteiger charge is 2.14. The third-order valence-corrected chi connectivity index (χ3v) is 4.13. The number of rotatable bonds is 5. The first-order chi connectivity index (χ1) is 11.5. The number of hydrogen-bond donors (Lipinski definition) is 0. The molecular weight excluding hydrogens is 304 g/mol. The fourth-order valence-electron chi connectivity index (χ4n) is 2.57. The predicted molar refractivity (Wildman–Crippen MR) is 93.8 cm³/mol. The molecule has 0 heterocycles. The van der Waals surface area contributed by atoms with E-state index in [0.29, 0.717) is 12.4 Å². The molecule has 0 aromatic heterocycles. The molecule has 0 aliphatic carbocycles. The number of aryl methyl sites for hydroxylation is 4. The molecule has 0 bridgehead atoms. The van der Waals surface area contributed by atoms with E-state index in [2.05, 4.69) is 31.6 Å². The molecule has 0 radical (unpaired) electrons. The minimum atomic E-state index is -0.730. The van der Waals surface area contributed by atoms with Gasteiger partial charge in [0.1, 0.15) is 18.1 Å². The van der Waals surface area contributed by atoms with E-state index >= 15 is 0 Å². The zero-order chi connectivity index (χ0) is 17.7. The Bertz CT molecular complexity index is 735. The number of carbonyl (C=O) groups is 1. The zero-order valence-corrected chi connectivity index (χ0v) is 14.9. The summed E-state index contributed by atoms with van der Waals surface area (Å²) in [7, 11) is 1.29. The van der Waals surface area contributed by atoms with Gasteiger partial charge < -0.3 is 14.2 Å². The van der Waals surface area contributed by atoms with Crippen LogP contribution in [0.15, 0.2) is 30.3 Å². The maximum absolute atomic E-state index is 11.5. The molecule has 0 spiro atoms. The summed E-state index contributed by atoms with van der Waals surface area (Å²) in [6, 6.07) is 9.78. The van der Waals surface area contributed by atoms with Crippen LogP contribution in [0.3, 0.4) is 0 Å². The van der Waals surface area contributed by atoms with Gasteiger partial charge in [-0.15, -0.1) is 0 Å². The van der Waals surface area contributed by atoms with Gasteiger partial charge in [-0.05, 0) is 61.6 Å². The Labute approximate surface area is 143 Å². The summed E-state index contributed by atoms with van der Waals surface area (Å²) in [5.41, 5.74) is 5.46. The summed E-state index contributed by atoms with van der Waals surface area (Å²) in [4.78, 5) is 11.5. The molecule has 4 heteroatoms. The van der Waals surface area contributed by atoms with Gasteiger partial charge in [0.2, 0.25) is 0 Å². The SMILES string of the molecule is CCc1cccc(OC(=O)OC)c1COc1cc(C)c(C)cc1C. The maximum atomic E-state index is 11.5. The van der Waals surface area contributed by atoms with Crippen molar-refractivity contribution in [3.05, 3.63) is 58.1 Å². The maximum Gasteiger partial charge on any atom is 0.513 e. The highest BCUT2D eigenvalue weighted by atomic mass is 16.7. The number of carbonyl (C=O) groups excluding carboxylic acids is 1. The fraction of sp³-hybridized carbons (Fsp3) is 0.350. The average molecular weight is 328 g/mol. The Morgan fingerprint density at radius 2 is 1.71 bits per heavy atom. The van der Waals surface area contributed by atoms with Crippen molar-refractivity contribution in [1.82, 2.24) is 0 Å². The van der Waals surface area contributed by atoms with Crippen LogP contribution in [-0.4, -0.2) is 13.3 Å². The monoisotopic (exact) mass is 328 g/mol. The summed E-state index contributed by atoms with van der Waals surface area (Å²) in [5.74, 6) is 1.32. The van der Waals surface area contributed by atoms with Gasteiger partial charge in [-0.25, -0.2) is 4.79 Å². The highest BCUT2D eigenvalue weighted by Crippen LogP contribution is 2.28. The van der Waals surface area contributed by atoms with Crippen LogP contribution in [0, 0.1) is 20.8 Å². The lowest BCUT2D eigenvalue weighted by molar-refractivity contribution is 0.120. The molecule has 128 valence electrons. The minimum Gasteiger partial charge on any atom is -0.488 e. The highest BCUT2D eigenvalue weighted by molar-refractivity contribution is 5.64. The first-order valence-electron chi connectivity index (χ1n) is 8.03. The molecule has 0 fully saturated rings. The standard InChI is InChI=1S/C20H24O4/c1-6-16-8-7-9-18(24-20(21)22-5)17(16)12-23-19-11-14(3)13(2)10-15(19)4/h7-11H,6,12H2,1-5H3. The first kappa shape index (κ1) is 17.9. The zero-order valence-electron chi connectivity index (χ0n) is 14.9. The van der Waals surface area contributed by atoms with E-state index in [1.807, 2.05) is 25.1 Å². The Morgan fingerprint density at radius 1 is 1.00 bits per heavy atom. The molecule has 24 heavy (non-hydrogen) atoms. The lowest BCUT2D eigenvalue weighted by Gasteiger charge is -2.16. The largest absolute Gasteiger partial charge is 0.513 e. The van der Waals surface area contributed by atoms with Crippen LogP contribution in [0.1, 0.15) is 34.7 Å². The Kier molecular flexibility index (Phi) is 5.85. The van der Waals surface area contributed by atoms with Crippen LogP contribution in [0.2, 0.25) is 0 Å². The van der Waals surface area contributed by atoms with Crippen molar-refractivity contribution in [2.75, 3.05) is 7.11 Å². The van der Waals surface area contributed by atoms with Crippen molar-refractivity contribution in [1.29, 1.82) is 0 Å². The summed E-state index contributed by atoms with van der Waals surface area (Å²) in [6.45, 7) is 8.56. The van der Waals surface area contributed by atoms with Crippen LogP contribution < -0.4 is 9.47 Å². The second-order valence-electron chi connectivity index (χ2n) is 5.79. The molecule has 0 aliphatic rings. The number of hydrogen-bond acceptors (Lipinski definition) is 4. The summed E-state index contributed by atoms with van der Waals surface area (Å²) < 4.78 is 15.9. The molecule has 0 unspecified atom stereocenters. The van der Waals surface area contributed by atoms with Gasteiger partial charge in [0.25, 0.3) is 0 Å². The van der Waals surface area contributed by atoms with E-state index in [4.69, 9.17) is 9.47 Å². The van der Waals surface area contributed by atoms with E-state index in [0.717, 1.165) is 28.9 Å². The lowest BCUT2D eigenvalue weighted by atomic mass is 10.0. The van der Waals surface area contributed by atoms with Gasteiger partial charge >= 0.3 is 6.16 Å². The van der Waals surface area contributed by atoms with Crippen LogP contribution in [0.25, 0.3) is 0 Å². The molecular formula is C20H24O4. The van der Waals surface area contributed by atoms with E-state index in [-0.39, 0.29) is 0 Å². The summed E-state index contributed by atoms with van der Waals surface area (Å²) in [6.07, 6.45) is 0.0926. The minimum absolute atomic E-state index is 0.333. The third kappa shape index (κ3) is 4.07. The van der Waals surface area contributed by atoms with Gasteiger partial charge in [-0.2, -0.15) is 0 Å². The van der Waals surface area contributed by atoms with Gasteiger partial charge in [-0.1, -0.05) is 25.1 Å². The Morgan fingerprint density at radius 3 is 2.38 bits per heavy atom. The van der Waals surface area contributed by atoms with E-state index < -0.39 is 6.16 Å². The second-order valence-corrected chi connectivity index (χ2v) is 5.79. The van der Waals surface area contributed by atoms with E-state index in [1.165, 1.54) is 18.2 Å². The van der Waals surface area contributed by atoms with Gasteiger partial charge in [0.05, 0.1) is 7.11 Å². The molecule has 0 N–H and O–H groups in total. The quantitative estimate of drug-likeness (QED) is 0.578. The number of benzene rings is 2. The molecule has 0 aliphatic heterocycles. The summed E-state index contributed by atoms with van der Waals surface area (Å²) in [5, 5.41) is 0. The van der Waals surface area contributed by atoms with E-state index in [1.54, 1.807) is 6.07 Å². The Balaban J connectivity index is 2.28. The number of ether oxygens (including phenoxy) is 3. The van der Waals surface area contributed by atoms with Crippen LogP contribution in [0.4, 0.5) is 4.79 Å². The molecule has 0 saturated carbocycles. The van der Waals surface area contributed by atoms with Crippen LogP contribution in [0.5, 0.6) is 11.5 Å². The molecule has 0 amide bonds. The average Bonchev–Trinajstić information content (AvgIpc) is 2.57. The normalized spacial score (nSPS) is 10.4. The van der Waals surface area contributed by atoms with Gasteiger partial charge in [-0.3, -0.25) is 0 Å². The Hall–Kier alpha value is -2.49. The second kappa shape index (κ2) is 7.86.